The van der Waals surface area contributed by atoms with E-state index < -0.39 is 5.97 Å². The Morgan fingerprint density at radius 3 is 2.88 bits per heavy atom. The summed E-state index contributed by atoms with van der Waals surface area (Å²) >= 11 is 0. The topological polar surface area (TPSA) is 77.2 Å². The Morgan fingerprint density at radius 1 is 1.47 bits per heavy atom. The third kappa shape index (κ3) is 2.10. The second-order valence-electron chi connectivity index (χ2n) is 3.43. The molecule has 6 nitrogen and oxygen atoms in total. The molecule has 2 aromatic rings. The normalized spacial score (nSPS) is 10.2. The quantitative estimate of drug-likeness (QED) is 0.864. The second kappa shape index (κ2) is 4.25. The van der Waals surface area contributed by atoms with Crippen molar-refractivity contribution in [3.05, 3.63) is 35.7 Å². The monoisotopic (exact) mass is 233 g/mol. The Kier molecular flexibility index (Phi) is 2.78. The van der Waals surface area contributed by atoms with Crippen molar-refractivity contribution in [3.63, 3.8) is 0 Å². The first-order chi connectivity index (χ1) is 8.11. The maximum absolute atomic E-state index is 11.0. The van der Waals surface area contributed by atoms with Gasteiger partial charge in [-0.25, -0.2) is 9.48 Å². The highest BCUT2D eigenvalue weighted by Crippen LogP contribution is 2.14. The number of aromatic nitrogens is 3. The highest BCUT2D eigenvalue weighted by Gasteiger charge is 2.15. The van der Waals surface area contributed by atoms with Crippen LogP contribution in [0.2, 0.25) is 0 Å². The van der Waals surface area contributed by atoms with Gasteiger partial charge in [0.05, 0.1) is 12.8 Å². The summed E-state index contributed by atoms with van der Waals surface area (Å²) in [5, 5.41) is 13.1. The average molecular weight is 233 g/mol. The molecule has 0 unspecified atom stereocenters. The van der Waals surface area contributed by atoms with Crippen LogP contribution in [-0.2, 0) is 0 Å². The zero-order chi connectivity index (χ0) is 12.4. The molecule has 1 N–H and O–H groups in total. The molecule has 0 aliphatic rings. The molecule has 0 amide bonds. The fourth-order valence-corrected chi connectivity index (χ4v) is 1.46. The maximum Gasteiger partial charge on any atom is 0.354 e. The molecule has 0 aliphatic heterocycles. The molecule has 0 saturated heterocycles. The maximum atomic E-state index is 11.0. The molecule has 2 heterocycles. The van der Waals surface area contributed by atoms with Crippen LogP contribution in [0, 0.1) is 6.92 Å². The molecule has 0 saturated carbocycles. The van der Waals surface area contributed by atoms with Gasteiger partial charge in [0.1, 0.15) is 0 Å². The number of ether oxygens (including phenoxy) is 1. The third-order valence-corrected chi connectivity index (χ3v) is 2.19. The predicted octanol–water partition coefficient (Wildman–Crippen LogP) is 1.28. The molecule has 2 rings (SSSR count). The molecule has 88 valence electrons. The Hall–Kier alpha value is -2.37. The van der Waals surface area contributed by atoms with Crippen LogP contribution in [0.4, 0.5) is 0 Å². The zero-order valence-corrected chi connectivity index (χ0v) is 9.41. The SMILES string of the molecule is COc1cccc(-n2nc(C)cc2C(=O)O)n1. The molecular formula is C11H11N3O3. The summed E-state index contributed by atoms with van der Waals surface area (Å²) in [6.07, 6.45) is 0. The number of methoxy groups -OCH3 is 1. The van der Waals surface area contributed by atoms with Gasteiger partial charge in [-0.15, -0.1) is 0 Å². The van der Waals surface area contributed by atoms with Gasteiger partial charge in [-0.3, -0.25) is 0 Å². The van der Waals surface area contributed by atoms with E-state index >= 15 is 0 Å². The van der Waals surface area contributed by atoms with Gasteiger partial charge in [-0.1, -0.05) is 6.07 Å². The number of hydrogen-bond donors (Lipinski definition) is 1. The lowest BCUT2D eigenvalue weighted by Gasteiger charge is -2.04. The van der Waals surface area contributed by atoms with Crippen molar-refractivity contribution >= 4 is 5.97 Å². The lowest BCUT2D eigenvalue weighted by Crippen LogP contribution is -2.09. The summed E-state index contributed by atoms with van der Waals surface area (Å²) in [5.41, 5.74) is 0.690. The number of carboxylic acids is 1. The smallest absolute Gasteiger partial charge is 0.354 e. The van der Waals surface area contributed by atoms with Crippen LogP contribution >= 0.6 is 0 Å². The molecule has 0 bridgehead atoms. The van der Waals surface area contributed by atoms with Gasteiger partial charge in [-0.05, 0) is 19.1 Å². The van der Waals surface area contributed by atoms with Gasteiger partial charge in [0.25, 0.3) is 0 Å². The van der Waals surface area contributed by atoms with E-state index in [0.29, 0.717) is 17.4 Å². The first-order valence-corrected chi connectivity index (χ1v) is 4.93. The van der Waals surface area contributed by atoms with Gasteiger partial charge >= 0.3 is 5.97 Å². The summed E-state index contributed by atoms with van der Waals surface area (Å²) < 4.78 is 6.26. The van der Waals surface area contributed by atoms with E-state index in [2.05, 4.69) is 10.1 Å². The Labute approximate surface area is 97.5 Å². The molecule has 0 aromatic carbocycles. The Balaban J connectivity index is 2.55. The fraction of sp³-hybridized carbons (Fsp3) is 0.182. The van der Waals surface area contributed by atoms with Crippen LogP contribution in [-0.4, -0.2) is 33.0 Å². The molecule has 0 fully saturated rings. The third-order valence-electron chi connectivity index (χ3n) is 2.19. The number of aromatic carboxylic acids is 1. The highest BCUT2D eigenvalue weighted by molar-refractivity contribution is 5.86. The van der Waals surface area contributed by atoms with Crippen LogP contribution in [0.25, 0.3) is 5.82 Å². The molecular weight excluding hydrogens is 222 g/mol. The van der Waals surface area contributed by atoms with Crippen molar-refractivity contribution < 1.29 is 14.6 Å². The van der Waals surface area contributed by atoms with Crippen molar-refractivity contribution in [2.24, 2.45) is 0 Å². The number of nitrogens with zero attached hydrogens (tertiary/aromatic N) is 3. The fourth-order valence-electron chi connectivity index (χ4n) is 1.46. The van der Waals surface area contributed by atoms with Crippen LogP contribution in [0.5, 0.6) is 5.88 Å². The minimum Gasteiger partial charge on any atom is -0.481 e. The van der Waals surface area contributed by atoms with E-state index in [-0.39, 0.29) is 5.69 Å². The van der Waals surface area contributed by atoms with E-state index in [1.807, 2.05) is 0 Å². The van der Waals surface area contributed by atoms with Gasteiger partial charge in [0.2, 0.25) is 5.88 Å². The average Bonchev–Trinajstić information content (AvgIpc) is 2.72. The second-order valence-corrected chi connectivity index (χ2v) is 3.43. The molecule has 17 heavy (non-hydrogen) atoms. The molecule has 0 atom stereocenters. The number of carboxylic acid groups (broad SMARTS) is 1. The number of hydrogen-bond acceptors (Lipinski definition) is 4. The van der Waals surface area contributed by atoms with Crippen molar-refractivity contribution in [1.29, 1.82) is 0 Å². The molecule has 0 spiro atoms. The van der Waals surface area contributed by atoms with Gasteiger partial charge in [0, 0.05) is 6.07 Å². The summed E-state index contributed by atoms with van der Waals surface area (Å²) in [7, 11) is 1.50. The largest absolute Gasteiger partial charge is 0.481 e. The van der Waals surface area contributed by atoms with Crippen molar-refractivity contribution in [1.82, 2.24) is 14.8 Å². The lowest BCUT2D eigenvalue weighted by atomic mass is 10.3. The van der Waals surface area contributed by atoms with E-state index in [1.165, 1.54) is 17.9 Å². The number of rotatable bonds is 3. The number of carbonyl (C=O) groups is 1. The van der Waals surface area contributed by atoms with Crippen LogP contribution in [0.1, 0.15) is 16.2 Å². The predicted molar refractivity (Wildman–Crippen MR) is 59.6 cm³/mol. The van der Waals surface area contributed by atoms with Gasteiger partial charge in [-0.2, -0.15) is 10.1 Å². The minimum atomic E-state index is -1.05. The summed E-state index contributed by atoms with van der Waals surface area (Å²) in [5.74, 6) is -0.225. The van der Waals surface area contributed by atoms with E-state index in [4.69, 9.17) is 9.84 Å². The lowest BCUT2D eigenvalue weighted by molar-refractivity contribution is 0.0686. The summed E-state index contributed by atoms with van der Waals surface area (Å²) in [4.78, 5) is 15.2. The van der Waals surface area contributed by atoms with Crippen LogP contribution in [0.3, 0.4) is 0 Å². The van der Waals surface area contributed by atoms with Crippen molar-refractivity contribution in [3.8, 4) is 11.7 Å². The van der Waals surface area contributed by atoms with E-state index in [9.17, 15) is 4.79 Å². The summed E-state index contributed by atoms with van der Waals surface area (Å²) in [6.45, 7) is 1.73. The van der Waals surface area contributed by atoms with Gasteiger partial charge in [0.15, 0.2) is 11.5 Å². The molecule has 6 heteroatoms. The minimum absolute atomic E-state index is 0.0725. The standard InChI is InChI=1S/C11H11N3O3/c1-7-6-8(11(15)16)14(13-7)9-4-3-5-10(12-9)17-2/h3-6H,1-2H3,(H,15,16). The van der Waals surface area contributed by atoms with Gasteiger partial charge < -0.3 is 9.84 Å². The highest BCUT2D eigenvalue weighted by atomic mass is 16.5. The molecule has 2 aromatic heterocycles. The first kappa shape index (κ1) is 11.1. The Morgan fingerprint density at radius 2 is 2.24 bits per heavy atom. The molecule has 0 aliphatic carbocycles. The van der Waals surface area contributed by atoms with E-state index in [1.54, 1.807) is 25.1 Å². The van der Waals surface area contributed by atoms with Crippen LogP contribution in [0.15, 0.2) is 24.3 Å². The van der Waals surface area contributed by atoms with Crippen LogP contribution < -0.4 is 4.74 Å². The van der Waals surface area contributed by atoms with Crippen molar-refractivity contribution in [2.45, 2.75) is 6.92 Å². The molecule has 0 radical (unpaired) electrons. The Bertz CT molecular complexity index is 563. The number of pyridine rings is 1. The van der Waals surface area contributed by atoms with Crippen molar-refractivity contribution in [2.75, 3.05) is 7.11 Å². The van der Waals surface area contributed by atoms with E-state index in [0.717, 1.165) is 0 Å². The first-order valence-electron chi connectivity index (χ1n) is 4.93. The number of aryl methyl sites for hydroxylation is 1. The summed E-state index contributed by atoms with van der Waals surface area (Å²) in [6, 6.07) is 6.56. The zero-order valence-electron chi connectivity index (χ0n) is 9.41.